The van der Waals surface area contributed by atoms with Crippen LogP contribution in [0.5, 0.6) is 0 Å². The van der Waals surface area contributed by atoms with Crippen LogP contribution >= 0.6 is 11.5 Å². The molecule has 8 nitrogen and oxygen atoms in total. The van der Waals surface area contributed by atoms with Gasteiger partial charge < -0.3 is 15.5 Å². The number of carbonyl (C=O) groups excluding carboxylic acids is 1. The Kier molecular flexibility index (Phi) is 5.08. The van der Waals surface area contributed by atoms with Gasteiger partial charge in [0.15, 0.2) is 0 Å². The normalized spacial score (nSPS) is 10.5. The summed E-state index contributed by atoms with van der Waals surface area (Å²) in [5, 5.41) is 9.94. The zero-order valence-corrected chi connectivity index (χ0v) is 15.8. The molecule has 3 aromatic rings. The molecule has 0 bridgehead atoms. The number of hydrogen-bond acceptors (Lipinski definition) is 8. The van der Waals surface area contributed by atoms with Crippen molar-refractivity contribution in [3.05, 3.63) is 46.7 Å². The molecule has 2 heterocycles. The van der Waals surface area contributed by atoms with Gasteiger partial charge in [-0.25, -0.2) is 9.97 Å². The van der Waals surface area contributed by atoms with E-state index in [9.17, 15) is 4.79 Å². The highest BCUT2D eigenvalue weighted by Gasteiger charge is 2.13. The van der Waals surface area contributed by atoms with Crippen LogP contribution < -0.4 is 15.5 Å². The summed E-state index contributed by atoms with van der Waals surface area (Å²) in [5.41, 5.74) is 2.18. The number of nitrogens with zero attached hydrogens (tertiary/aromatic N) is 5. The molecule has 0 aliphatic heterocycles. The number of aryl methyl sites for hydroxylation is 2. The van der Waals surface area contributed by atoms with Crippen LogP contribution in [0.25, 0.3) is 0 Å². The number of nitrogens with one attached hydrogen (secondary N) is 2. The number of hydrogen-bond donors (Lipinski definition) is 2. The molecule has 0 radical (unpaired) electrons. The van der Waals surface area contributed by atoms with Crippen molar-refractivity contribution in [2.24, 2.45) is 0 Å². The third kappa shape index (κ3) is 4.12. The van der Waals surface area contributed by atoms with Crippen LogP contribution in [0.1, 0.15) is 21.2 Å². The van der Waals surface area contributed by atoms with Gasteiger partial charge in [0, 0.05) is 31.5 Å². The van der Waals surface area contributed by atoms with E-state index < -0.39 is 0 Å². The van der Waals surface area contributed by atoms with Crippen LogP contribution in [0.15, 0.2) is 30.3 Å². The number of aromatic nitrogens is 4. The third-order valence-electron chi connectivity index (χ3n) is 3.56. The monoisotopic (exact) mass is 369 g/mol. The number of anilines is 4. The van der Waals surface area contributed by atoms with E-state index in [4.69, 9.17) is 0 Å². The van der Waals surface area contributed by atoms with E-state index in [1.807, 2.05) is 56.3 Å². The summed E-state index contributed by atoms with van der Waals surface area (Å²) in [6, 6.07) is 9.28. The molecule has 1 amide bonds. The minimum atomic E-state index is -0.208. The second-order valence-electron chi connectivity index (χ2n) is 5.90. The fourth-order valence-electron chi connectivity index (χ4n) is 2.26. The van der Waals surface area contributed by atoms with Crippen molar-refractivity contribution in [3.63, 3.8) is 0 Å². The maximum atomic E-state index is 12.2. The fraction of sp³-hybridized carbons (Fsp3) is 0.235. The van der Waals surface area contributed by atoms with E-state index in [1.54, 1.807) is 6.92 Å². The average molecular weight is 369 g/mol. The summed E-state index contributed by atoms with van der Waals surface area (Å²) in [7, 11) is 3.87. The SMILES string of the molecule is Cc1nc(Nc2ccc(NC(=O)c3snnc3C)cc2)cc(N(C)C)n1. The minimum absolute atomic E-state index is 0.208. The van der Waals surface area contributed by atoms with Crippen molar-refractivity contribution >= 4 is 40.5 Å². The topological polar surface area (TPSA) is 95.9 Å². The Bertz CT molecular complexity index is 921. The first kappa shape index (κ1) is 17.7. The molecule has 0 atom stereocenters. The molecule has 26 heavy (non-hydrogen) atoms. The van der Waals surface area contributed by atoms with E-state index in [0.29, 0.717) is 27.9 Å². The number of benzene rings is 1. The van der Waals surface area contributed by atoms with Crippen molar-refractivity contribution in [3.8, 4) is 0 Å². The highest BCUT2D eigenvalue weighted by Crippen LogP contribution is 2.21. The molecular weight excluding hydrogens is 350 g/mol. The largest absolute Gasteiger partial charge is 0.363 e. The quantitative estimate of drug-likeness (QED) is 0.713. The summed E-state index contributed by atoms with van der Waals surface area (Å²) < 4.78 is 3.78. The molecule has 0 spiro atoms. The molecule has 0 fully saturated rings. The summed E-state index contributed by atoms with van der Waals surface area (Å²) >= 11 is 1.08. The molecule has 9 heteroatoms. The summed E-state index contributed by atoms with van der Waals surface area (Å²) in [5.74, 6) is 2.03. The van der Waals surface area contributed by atoms with Gasteiger partial charge in [0.05, 0.1) is 5.69 Å². The van der Waals surface area contributed by atoms with E-state index in [-0.39, 0.29) is 5.91 Å². The van der Waals surface area contributed by atoms with Crippen LogP contribution in [0.4, 0.5) is 23.0 Å². The molecule has 1 aromatic carbocycles. The van der Waals surface area contributed by atoms with Crippen molar-refractivity contribution in [1.82, 2.24) is 19.6 Å². The van der Waals surface area contributed by atoms with Crippen LogP contribution in [-0.2, 0) is 0 Å². The fourth-order valence-corrected chi connectivity index (χ4v) is 2.81. The van der Waals surface area contributed by atoms with Gasteiger partial charge in [-0.15, -0.1) is 5.10 Å². The predicted molar refractivity (Wildman–Crippen MR) is 103 cm³/mol. The molecule has 2 N–H and O–H groups in total. The van der Waals surface area contributed by atoms with Crippen molar-refractivity contribution in [2.45, 2.75) is 13.8 Å². The first-order chi connectivity index (χ1) is 12.4. The van der Waals surface area contributed by atoms with E-state index in [0.717, 1.165) is 23.0 Å². The van der Waals surface area contributed by atoms with Gasteiger partial charge in [-0.05, 0) is 49.6 Å². The van der Waals surface area contributed by atoms with Crippen LogP contribution in [0, 0.1) is 13.8 Å². The Morgan fingerprint density at radius 3 is 2.38 bits per heavy atom. The Morgan fingerprint density at radius 2 is 1.77 bits per heavy atom. The average Bonchev–Trinajstić information content (AvgIpc) is 3.02. The second kappa shape index (κ2) is 7.44. The van der Waals surface area contributed by atoms with Gasteiger partial charge in [0.25, 0.3) is 5.91 Å². The molecule has 0 unspecified atom stereocenters. The lowest BCUT2D eigenvalue weighted by atomic mass is 10.2. The Balaban J connectivity index is 1.70. The van der Waals surface area contributed by atoms with E-state index >= 15 is 0 Å². The minimum Gasteiger partial charge on any atom is -0.363 e. The lowest BCUT2D eigenvalue weighted by Gasteiger charge is -2.14. The van der Waals surface area contributed by atoms with Gasteiger partial charge in [-0.2, -0.15) is 0 Å². The molecule has 0 saturated heterocycles. The molecule has 0 aliphatic rings. The Hall–Kier alpha value is -3.07. The zero-order chi connectivity index (χ0) is 18.7. The molecule has 134 valence electrons. The number of carbonyl (C=O) groups is 1. The third-order valence-corrected chi connectivity index (χ3v) is 4.38. The zero-order valence-electron chi connectivity index (χ0n) is 14.9. The first-order valence-electron chi connectivity index (χ1n) is 7.93. The smallest absolute Gasteiger partial charge is 0.269 e. The van der Waals surface area contributed by atoms with Gasteiger partial charge in [-0.3, -0.25) is 4.79 Å². The second-order valence-corrected chi connectivity index (χ2v) is 6.65. The molecule has 0 aliphatic carbocycles. The number of rotatable bonds is 5. The van der Waals surface area contributed by atoms with Gasteiger partial charge >= 0.3 is 0 Å². The van der Waals surface area contributed by atoms with Crippen molar-refractivity contribution < 1.29 is 4.79 Å². The van der Waals surface area contributed by atoms with E-state index in [1.165, 1.54) is 0 Å². The van der Waals surface area contributed by atoms with Gasteiger partial charge in [-0.1, -0.05) is 4.49 Å². The van der Waals surface area contributed by atoms with Crippen molar-refractivity contribution in [2.75, 3.05) is 29.6 Å². The van der Waals surface area contributed by atoms with Crippen LogP contribution in [-0.4, -0.2) is 39.6 Å². The maximum Gasteiger partial charge on any atom is 0.269 e. The standard InChI is InChI=1S/C17H19N7OS/c1-10-16(26-23-22-10)17(25)21-13-7-5-12(6-8-13)20-14-9-15(24(3)4)19-11(2)18-14/h5-9H,1-4H3,(H,21,25)(H,18,19,20). The number of amides is 1. The highest BCUT2D eigenvalue weighted by atomic mass is 32.1. The van der Waals surface area contributed by atoms with Gasteiger partial charge in [0.2, 0.25) is 0 Å². The first-order valence-corrected chi connectivity index (χ1v) is 8.70. The highest BCUT2D eigenvalue weighted by molar-refractivity contribution is 7.08. The molecular formula is C17H19N7OS. The van der Waals surface area contributed by atoms with Crippen molar-refractivity contribution in [1.29, 1.82) is 0 Å². The molecule has 0 saturated carbocycles. The van der Waals surface area contributed by atoms with E-state index in [2.05, 4.69) is 30.2 Å². The Morgan fingerprint density at radius 1 is 1.08 bits per heavy atom. The lowest BCUT2D eigenvalue weighted by Crippen LogP contribution is -2.12. The summed E-state index contributed by atoms with van der Waals surface area (Å²) in [6.07, 6.45) is 0. The molecule has 2 aromatic heterocycles. The Labute approximate surface area is 155 Å². The van der Waals surface area contributed by atoms with Crippen LogP contribution in [0.2, 0.25) is 0 Å². The summed E-state index contributed by atoms with van der Waals surface area (Å²) in [6.45, 7) is 3.62. The van der Waals surface area contributed by atoms with Crippen LogP contribution in [0.3, 0.4) is 0 Å². The molecule has 3 rings (SSSR count). The summed E-state index contributed by atoms with van der Waals surface area (Å²) in [4.78, 5) is 23.4. The maximum absolute atomic E-state index is 12.2. The van der Waals surface area contributed by atoms with Gasteiger partial charge in [0.1, 0.15) is 22.3 Å². The lowest BCUT2D eigenvalue weighted by molar-refractivity contribution is 0.103. The predicted octanol–water partition coefficient (Wildman–Crippen LogP) is 3.01.